The van der Waals surface area contributed by atoms with Crippen molar-refractivity contribution in [2.45, 2.75) is 25.8 Å². The minimum absolute atomic E-state index is 0.0345. The quantitative estimate of drug-likeness (QED) is 0.872. The Hall–Kier alpha value is -2.10. The number of halogens is 2. The van der Waals surface area contributed by atoms with E-state index in [1.165, 1.54) is 6.07 Å². The Balaban J connectivity index is 1.92. The van der Waals surface area contributed by atoms with Crippen molar-refractivity contribution in [2.24, 2.45) is 0 Å². The third-order valence-electron chi connectivity index (χ3n) is 3.76. The molecule has 0 amide bonds. The van der Waals surface area contributed by atoms with Crippen LogP contribution in [0.5, 0.6) is 5.75 Å². The van der Waals surface area contributed by atoms with E-state index in [9.17, 15) is 8.78 Å². The van der Waals surface area contributed by atoms with Crippen LogP contribution in [0.25, 0.3) is 0 Å². The van der Waals surface area contributed by atoms with Gasteiger partial charge in [-0.2, -0.15) is 0 Å². The van der Waals surface area contributed by atoms with E-state index in [-0.39, 0.29) is 6.04 Å². The molecule has 0 radical (unpaired) electrons. The molecule has 3 rings (SSSR count). The maximum absolute atomic E-state index is 13.3. The summed E-state index contributed by atoms with van der Waals surface area (Å²) in [7, 11) is 0. The van der Waals surface area contributed by atoms with Crippen molar-refractivity contribution in [1.82, 2.24) is 0 Å². The largest absolute Gasteiger partial charge is 0.493 e. The summed E-state index contributed by atoms with van der Waals surface area (Å²) in [4.78, 5) is 0. The summed E-state index contributed by atoms with van der Waals surface area (Å²) in [5, 5.41) is 3.29. The molecule has 0 bridgehead atoms. The second-order valence-electron chi connectivity index (χ2n) is 5.31. The first kappa shape index (κ1) is 13.9. The van der Waals surface area contributed by atoms with E-state index in [4.69, 9.17) is 4.74 Å². The summed E-state index contributed by atoms with van der Waals surface area (Å²) in [5.74, 6) is -0.773. The number of ether oxygens (including phenoxy) is 1. The standard InChI is InChI=1S/C17H17F2NO/c1-11-4-2-5-13-16(6-3-9-21-17(11)13)20-12-7-8-14(18)15(19)10-12/h2,4-5,7-8,10,16,20H,3,6,9H2,1H3. The fraction of sp³-hybridized carbons (Fsp3) is 0.294. The molecular weight excluding hydrogens is 272 g/mol. The molecule has 0 saturated carbocycles. The van der Waals surface area contributed by atoms with E-state index in [0.29, 0.717) is 12.3 Å². The minimum Gasteiger partial charge on any atom is -0.493 e. The first-order valence-electron chi connectivity index (χ1n) is 7.09. The van der Waals surface area contributed by atoms with Gasteiger partial charge in [0.2, 0.25) is 0 Å². The first-order chi connectivity index (χ1) is 10.1. The highest BCUT2D eigenvalue weighted by molar-refractivity contribution is 5.50. The Labute approximate surface area is 122 Å². The van der Waals surface area contributed by atoms with Gasteiger partial charge in [0.05, 0.1) is 12.6 Å². The van der Waals surface area contributed by atoms with Crippen LogP contribution < -0.4 is 10.1 Å². The van der Waals surface area contributed by atoms with Gasteiger partial charge in [0.15, 0.2) is 11.6 Å². The van der Waals surface area contributed by atoms with E-state index >= 15 is 0 Å². The van der Waals surface area contributed by atoms with Crippen LogP contribution in [0.1, 0.15) is 30.0 Å². The molecule has 2 nitrogen and oxygen atoms in total. The molecule has 1 N–H and O–H groups in total. The summed E-state index contributed by atoms with van der Waals surface area (Å²) in [6.45, 7) is 2.69. The van der Waals surface area contributed by atoms with Crippen molar-refractivity contribution in [1.29, 1.82) is 0 Å². The lowest BCUT2D eigenvalue weighted by atomic mass is 9.99. The minimum atomic E-state index is -0.839. The van der Waals surface area contributed by atoms with Crippen LogP contribution in [-0.4, -0.2) is 6.61 Å². The summed E-state index contributed by atoms with van der Waals surface area (Å²) in [6.07, 6.45) is 1.80. The summed E-state index contributed by atoms with van der Waals surface area (Å²) < 4.78 is 32.2. The van der Waals surface area contributed by atoms with Crippen LogP contribution in [0.3, 0.4) is 0 Å². The van der Waals surface area contributed by atoms with Crippen molar-refractivity contribution in [2.75, 3.05) is 11.9 Å². The Morgan fingerprint density at radius 2 is 2.00 bits per heavy atom. The average molecular weight is 289 g/mol. The van der Waals surface area contributed by atoms with Gasteiger partial charge in [-0.25, -0.2) is 8.78 Å². The van der Waals surface area contributed by atoms with Crippen LogP contribution in [-0.2, 0) is 0 Å². The predicted molar refractivity (Wildman–Crippen MR) is 78.6 cm³/mol. The highest BCUT2D eigenvalue weighted by Gasteiger charge is 2.21. The Morgan fingerprint density at radius 3 is 2.81 bits per heavy atom. The highest BCUT2D eigenvalue weighted by Crippen LogP contribution is 2.36. The topological polar surface area (TPSA) is 21.3 Å². The normalized spacial score (nSPS) is 17.6. The van der Waals surface area contributed by atoms with Gasteiger partial charge in [-0.05, 0) is 37.5 Å². The van der Waals surface area contributed by atoms with E-state index in [1.54, 1.807) is 6.07 Å². The number of nitrogens with one attached hydrogen (secondary N) is 1. The molecule has 4 heteroatoms. The fourth-order valence-corrected chi connectivity index (χ4v) is 2.70. The summed E-state index contributed by atoms with van der Waals surface area (Å²) >= 11 is 0. The second kappa shape index (κ2) is 5.72. The average Bonchev–Trinajstić information content (AvgIpc) is 2.67. The molecule has 1 unspecified atom stereocenters. The second-order valence-corrected chi connectivity index (χ2v) is 5.31. The van der Waals surface area contributed by atoms with E-state index in [0.717, 1.165) is 35.8 Å². The van der Waals surface area contributed by atoms with Crippen LogP contribution >= 0.6 is 0 Å². The Bertz CT molecular complexity index is 657. The summed E-state index contributed by atoms with van der Waals surface area (Å²) in [6, 6.07) is 9.94. The smallest absolute Gasteiger partial charge is 0.160 e. The predicted octanol–water partition coefficient (Wildman–Crippen LogP) is 4.60. The van der Waals surface area contributed by atoms with E-state index in [2.05, 4.69) is 5.32 Å². The zero-order valence-electron chi connectivity index (χ0n) is 11.8. The SMILES string of the molecule is Cc1cccc2c1OCCCC2Nc1ccc(F)c(F)c1. The van der Waals surface area contributed by atoms with E-state index in [1.807, 2.05) is 25.1 Å². The third kappa shape index (κ3) is 2.84. The molecule has 0 aliphatic carbocycles. The molecule has 2 aromatic carbocycles. The van der Waals surface area contributed by atoms with Crippen LogP contribution in [0.2, 0.25) is 0 Å². The molecular formula is C17H17F2NO. The fourth-order valence-electron chi connectivity index (χ4n) is 2.70. The van der Waals surface area contributed by atoms with Gasteiger partial charge in [-0.1, -0.05) is 18.2 Å². The van der Waals surface area contributed by atoms with E-state index < -0.39 is 11.6 Å². The maximum atomic E-state index is 13.3. The van der Waals surface area contributed by atoms with Crippen molar-refractivity contribution in [3.63, 3.8) is 0 Å². The number of anilines is 1. The number of hydrogen-bond donors (Lipinski definition) is 1. The lowest BCUT2D eigenvalue weighted by Crippen LogP contribution is -2.10. The number of fused-ring (bicyclic) bond motifs is 1. The summed E-state index contributed by atoms with van der Waals surface area (Å²) in [5.41, 5.74) is 2.73. The molecule has 1 aliphatic heterocycles. The van der Waals surface area contributed by atoms with Crippen LogP contribution in [0.15, 0.2) is 36.4 Å². The molecule has 1 aliphatic rings. The first-order valence-corrected chi connectivity index (χ1v) is 7.09. The van der Waals surface area contributed by atoms with Gasteiger partial charge in [0.25, 0.3) is 0 Å². The van der Waals surface area contributed by atoms with Crippen molar-refractivity contribution >= 4 is 5.69 Å². The van der Waals surface area contributed by atoms with Crippen LogP contribution in [0.4, 0.5) is 14.5 Å². The molecule has 1 atom stereocenters. The van der Waals surface area contributed by atoms with Gasteiger partial charge in [0, 0.05) is 17.3 Å². The molecule has 0 saturated heterocycles. The molecule has 0 spiro atoms. The number of para-hydroxylation sites is 1. The number of rotatable bonds is 2. The van der Waals surface area contributed by atoms with Crippen molar-refractivity contribution in [3.05, 3.63) is 59.2 Å². The Kier molecular flexibility index (Phi) is 3.78. The lowest BCUT2D eigenvalue weighted by molar-refractivity contribution is 0.314. The number of hydrogen-bond acceptors (Lipinski definition) is 2. The van der Waals surface area contributed by atoms with Crippen molar-refractivity contribution in [3.8, 4) is 5.75 Å². The van der Waals surface area contributed by atoms with Gasteiger partial charge in [-0.3, -0.25) is 0 Å². The molecule has 21 heavy (non-hydrogen) atoms. The third-order valence-corrected chi connectivity index (χ3v) is 3.76. The molecule has 2 aromatic rings. The van der Waals surface area contributed by atoms with Crippen LogP contribution in [0, 0.1) is 18.6 Å². The van der Waals surface area contributed by atoms with Gasteiger partial charge in [-0.15, -0.1) is 0 Å². The zero-order valence-corrected chi connectivity index (χ0v) is 11.8. The maximum Gasteiger partial charge on any atom is 0.160 e. The lowest BCUT2D eigenvalue weighted by Gasteiger charge is -2.20. The van der Waals surface area contributed by atoms with Gasteiger partial charge >= 0.3 is 0 Å². The highest BCUT2D eigenvalue weighted by atomic mass is 19.2. The van der Waals surface area contributed by atoms with Gasteiger partial charge in [0.1, 0.15) is 5.75 Å². The van der Waals surface area contributed by atoms with Gasteiger partial charge < -0.3 is 10.1 Å². The zero-order chi connectivity index (χ0) is 14.8. The monoisotopic (exact) mass is 289 g/mol. The number of aryl methyl sites for hydroxylation is 1. The number of benzene rings is 2. The molecule has 1 heterocycles. The van der Waals surface area contributed by atoms with Crippen molar-refractivity contribution < 1.29 is 13.5 Å². The molecule has 0 aromatic heterocycles. The Morgan fingerprint density at radius 1 is 1.14 bits per heavy atom. The molecule has 110 valence electrons. The molecule has 0 fully saturated rings.